The van der Waals surface area contributed by atoms with Crippen molar-refractivity contribution in [2.24, 2.45) is 0 Å². The van der Waals surface area contributed by atoms with Gasteiger partial charge in [-0.15, -0.1) is 0 Å². The molecule has 82 valence electrons. The minimum atomic E-state index is 0.278. The van der Waals surface area contributed by atoms with E-state index in [1.165, 1.54) is 37.2 Å². The van der Waals surface area contributed by atoms with Crippen LogP contribution < -0.4 is 5.32 Å². The predicted molar refractivity (Wildman–Crippen MR) is 60.9 cm³/mol. The number of H-pyrrole nitrogens is 1. The van der Waals surface area contributed by atoms with E-state index >= 15 is 0 Å². The van der Waals surface area contributed by atoms with E-state index in [2.05, 4.69) is 34.5 Å². The Kier molecular flexibility index (Phi) is 2.11. The molecule has 0 saturated carbocycles. The molecule has 0 unspecified atom stereocenters. The quantitative estimate of drug-likeness (QED) is 0.664. The van der Waals surface area contributed by atoms with Gasteiger partial charge in [-0.1, -0.05) is 0 Å². The lowest BCUT2D eigenvalue weighted by atomic mass is 9.78. The summed E-state index contributed by atoms with van der Waals surface area (Å²) in [7, 11) is 2.22. The third-order valence-electron chi connectivity index (χ3n) is 4.03. The van der Waals surface area contributed by atoms with E-state index in [-0.39, 0.29) is 5.54 Å². The first kappa shape index (κ1) is 9.43. The Bertz CT molecular complexity index is 348. The molecule has 3 heterocycles. The number of hydrogen-bond acceptors (Lipinski definition) is 2. The molecule has 15 heavy (non-hydrogen) atoms. The Labute approximate surface area is 90.9 Å². The average Bonchev–Trinajstić information content (AvgIpc) is 2.72. The molecule has 1 fully saturated rings. The van der Waals surface area contributed by atoms with E-state index in [1.807, 2.05) is 0 Å². The van der Waals surface area contributed by atoms with Crippen molar-refractivity contribution in [3.8, 4) is 0 Å². The van der Waals surface area contributed by atoms with Crippen LogP contribution in [0.5, 0.6) is 0 Å². The molecule has 0 amide bonds. The lowest BCUT2D eigenvalue weighted by Gasteiger charge is -2.44. The Morgan fingerprint density at radius 1 is 1.33 bits per heavy atom. The highest BCUT2D eigenvalue weighted by Crippen LogP contribution is 2.36. The lowest BCUT2D eigenvalue weighted by Crippen LogP contribution is -2.53. The van der Waals surface area contributed by atoms with Gasteiger partial charge in [-0.25, -0.2) is 0 Å². The van der Waals surface area contributed by atoms with Crippen molar-refractivity contribution >= 4 is 0 Å². The standard InChI is InChI=1S/C12H19N3/c1-15-8-4-12(5-9-15)10-2-6-13-11(10)3-7-14-12/h2,6,13-14H,3-5,7-9H2,1H3. The fourth-order valence-electron chi connectivity index (χ4n) is 3.03. The van der Waals surface area contributed by atoms with Gasteiger partial charge in [0.05, 0.1) is 0 Å². The van der Waals surface area contributed by atoms with Crippen LogP contribution in [0.25, 0.3) is 0 Å². The first-order chi connectivity index (χ1) is 7.30. The van der Waals surface area contributed by atoms with E-state index in [0.717, 1.165) is 13.0 Å². The highest BCUT2D eigenvalue weighted by molar-refractivity contribution is 5.32. The van der Waals surface area contributed by atoms with Gasteiger partial charge in [0.15, 0.2) is 0 Å². The smallest absolute Gasteiger partial charge is 0.0477 e. The maximum atomic E-state index is 3.75. The first-order valence-electron chi connectivity index (χ1n) is 5.90. The molecular formula is C12H19N3. The number of rotatable bonds is 0. The molecule has 3 nitrogen and oxygen atoms in total. The molecule has 3 heteroatoms. The first-order valence-corrected chi connectivity index (χ1v) is 5.90. The maximum Gasteiger partial charge on any atom is 0.0477 e. The van der Waals surface area contributed by atoms with Gasteiger partial charge in [0.25, 0.3) is 0 Å². The zero-order valence-corrected chi connectivity index (χ0v) is 9.34. The Hall–Kier alpha value is -0.800. The normalized spacial score (nSPS) is 25.4. The molecule has 1 aromatic rings. The number of fused-ring (bicyclic) bond motifs is 2. The van der Waals surface area contributed by atoms with Crippen LogP contribution >= 0.6 is 0 Å². The van der Waals surface area contributed by atoms with Crippen LogP contribution in [-0.2, 0) is 12.0 Å². The molecule has 2 aliphatic rings. The van der Waals surface area contributed by atoms with Crippen molar-refractivity contribution in [2.45, 2.75) is 24.8 Å². The molecule has 3 rings (SSSR count). The van der Waals surface area contributed by atoms with Crippen LogP contribution in [0.1, 0.15) is 24.1 Å². The van der Waals surface area contributed by atoms with Crippen molar-refractivity contribution in [1.29, 1.82) is 0 Å². The monoisotopic (exact) mass is 205 g/mol. The zero-order chi connectivity index (χ0) is 10.3. The summed E-state index contributed by atoms with van der Waals surface area (Å²) in [5.41, 5.74) is 3.26. The number of nitrogens with zero attached hydrogens (tertiary/aromatic N) is 1. The Morgan fingerprint density at radius 3 is 2.93 bits per heavy atom. The molecule has 1 saturated heterocycles. The van der Waals surface area contributed by atoms with E-state index in [9.17, 15) is 0 Å². The summed E-state index contributed by atoms with van der Waals surface area (Å²) in [5.74, 6) is 0. The number of aromatic nitrogens is 1. The van der Waals surface area contributed by atoms with E-state index in [0.29, 0.717) is 0 Å². The molecule has 0 bridgehead atoms. The summed E-state index contributed by atoms with van der Waals surface area (Å²) in [5, 5.41) is 3.75. The molecule has 0 radical (unpaired) electrons. The molecule has 1 aromatic heterocycles. The van der Waals surface area contributed by atoms with Crippen molar-refractivity contribution in [2.75, 3.05) is 26.7 Å². The van der Waals surface area contributed by atoms with Crippen molar-refractivity contribution < 1.29 is 0 Å². The number of likely N-dealkylation sites (tertiary alicyclic amines) is 1. The van der Waals surface area contributed by atoms with Gasteiger partial charge in [-0.2, -0.15) is 0 Å². The minimum Gasteiger partial charge on any atom is -0.365 e. The van der Waals surface area contributed by atoms with Crippen LogP contribution in [0.2, 0.25) is 0 Å². The maximum absolute atomic E-state index is 3.75. The third kappa shape index (κ3) is 1.42. The fourth-order valence-corrected chi connectivity index (χ4v) is 3.03. The lowest BCUT2D eigenvalue weighted by molar-refractivity contribution is 0.150. The van der Waals surface area contributed by atoms with Crippen LogP contribution in [0.15, 0.2) is 12.3 Å². The van der Waals surface area contributed by atoms with Crippen LogP contribution in [-0.4, -0.2) is 36.6 Å². The second kappa shape index (κ2) is 3.35. The van der Waals surface area contributed by atoms with Crippen LogP contribution in [0.3, 0.4) is 0 Å². The largest absolute Gasteiger partial charge is 0.365 e. The van der Waals surface area contributed by atoms with Gasteiger partial charge in [-0.3, -0.25) is 0 Å². The zero-order valence-electron chi connectivity index (χ0n) is 9.34. The molecular weight excluding hydrogens is 186 g/mol. The van der Waals surface area contributed by atoms with Gasteiger partial charge < -0.3 is 15.2 Å². The summed E-state index contributed by atoms with van der Waals surface area (Å²) in [6.45, 7) is 3.53. The minimum absolute atomic E-state index is 0.278. The van der Waals surface area contributed by atoms with Gasteiger partial charge >= 0.3 is 0 Å². The number of aromatic amines is 1. The van der Waals surface area contributed by atoms with Gasteiger partial charge in [-0.05, 0) is 44.6 Å². The van der Waals surface area contributed by atoms with Crippen molar-refractivity contribution in [1.82, 2.24) is 15.2 Å². The summed E-state index contributed by atoms with van der Waals surface area (Å²) in [6, 6.07) is 2.27. The van der Waals surface area contributed by atoms with Crippen LogP contribution in [0.4, 0.5) is 0 Å². The van der Waals surface area contributed by atoms with Gasteiger partial charge in [0.2, 0.25) is 0 Å². The van der Waals surface area contributed by atoms with E-state index in [4.69, 9.17) is 0 Å². The SMILES string of the molecule is CN1CCC2(CC1)NCCc1[nH]ccc12. The van der Waals surface area contributed by atoms with Crippen molar-refractivity contribution in [3.05, 3.63) is 23.5 Å². The number of piperidine rings is 1. The summed E-state index contributed by atoms with van der Waals surface area (Å²) >= 11 is 0. The molecule has 2 aliphatic heterocycles. The third-order valence-corrected chi connectivity index (χ3v) is 4.03. The van der Waals surface area contributed by atoms with Crippen LogP contribution in [0, 0.1) is 0 Å². The Morgan fingerprint density at radius 2 is 2.13 bits per heavy atom. The van der Waals surface area contributed by atoms with E-state index < -0.39 is 0 Å². The average molecular weight is 205 g/mol. The van der Waals surface area contributed by atoms with E-state index in [1.54, 1.807) is 0 Å². The topological polar surface area (TPSA) is 31.1 Å². The fraction of sp³-hybridized carbons (Fsp3) is 0.667. The molecule has 0 atom stereocenters. The Balaban J connectivity index is 1.94. The predicted octanol–water partition coefficient (Wildman–Crippen LogP) is 1.08. The molecule has 2 N–H and O–H groups in total. The number of nitrogens with one attached hydrogen (secondary N) is 2. The van der Waals surface area contributed by atoms with Gasteiger partial charge in [0.1, 0.15) is 0 Å². The summed E-state index contributed by atoms with van der Waals surface area (Å²) in [6.07, 6.45) is 5.74. The molecule has 1 spiro atoms. The summed E-state index contributed by atoms with van der Waals surface area (Å²) < 4.78 is 0. The molecule has 0 aromatic carbocycles. The highest BCUT2D eigenvalue weighted by Gasteiger charge is 2.38. The second-order valence-electron chi connectivity index (χ2n) is 4.93. The van der Waals surface area contributed by atoms with Gasteiger partial charge in [0, 0.05) is 30.4 Å². The molecule has 0 aliphatic carbocycles. The second-order valence-corrected chi connectivity index (χ2v) is 4.93. The number of hydrogen-bond donors (Lipinski definition) is 2. The van der Waals surface area contributed by atoms with Crippen molar-refractivity contribution in [3.63, 3.8) is 0 Å². The summed E-state index contributed by atoms with van der Waals surface area (Å²) in [4.78, 5) is 5.81. The highest BCUT2D eigenvalue weighted by atomic mass is 15.1.